The SMILES string of the molecule is CC(=O)[C@H]1[C@H](C#N)C1(C)C. The Balaban J connectivity index is 2.73. The molecule has 0 aromatic heterocycles. The lowest BCUT2D eigenvalue weighted by Gasteiger charge is -1.95. The summed E-state index contributed by atoms with van der Waals surface area (Å²) in [6.07, 6.45) is 0. The molecule has 0 bridgehead atoms. The third-order valence-corrected chi connectivity index (χ3v) is 2.40. The third-order valence-electron chi connectivity index (χ3n) is 2.40. The molecule has 1 fully saturated rings. The van der Waals surface area contributed by atoms with Gasteiger partial charge in [0.2, 0.25) is 0 Å². The summed E-state index contributed by atoms with van der Waals surface area (Å²) in [6, 6.07) is 2.14. The van der Waals surface area contributed by atoms with Crippen molar-refractivity contribution in [3.05, 3.63) is 0 Å². The first-order valence-electron chi connectivity index (χ1n) is 3.42. The average Bonchev–Trinajstić information content (AvgIpc) is 2.33. The van der Waals surface area contributed by atoms with Crippen LogP contribution in [0.2, 0.25) is 0 Å². The van der Waals surface area contributed by atoms with Crippen LogP contribution in [0, 0.1) is 28.6 Å². The Morgan fingerprint density at radius 1 is 1.60 bits per heavy atom. The van der Waals surface area contributed by atoms with E-state index in [1.165, 1.54) is 0 Å². The van der Waals surface area contributed by atoms with Gasteiger partial charge in [0, 0.05) is 5.92 Å². The maximum atomic E-state index is 10.8. The van der Waals surface area contributed by atoms with Crippen LogP contribution in [0.4, 0.5) is 0 Å². The van der Waals surface area contributed by atoms with Crippen molar-refractivity contribution in [2.24, 2.45) is 17.3 Å². The zero-order chi connectivity index (χ0) is 7.94. The van der Waals surface area contributed by atoms with Crippen molar-refractivity contribution in [1.29, 1.82) is 5.26 Å². The summed E-state index contributed by atoms with van der Waals surface area (Å²) in [5.74, 6) is 0.110. The molecule has 2 atom stereocenters. The van der Waals surface area contributed by atoms with Gasteiger partial charge in [0.15, 0.2) is 0 Å². The molecule has 0 aromatic rings. The lowest BCUT2D eigenvalue weighted by atomic mass is 10.1. The van der Waals surface area contributed by atoms with Gasteiger partial charge >= 0.3 is 0 Å². The molecule has 0 aliphatic heterocycles. The third kappa shape index (κ3) is 0.740. The van der Waals surface area contributed by atoms with Crippen molar-refractivity contribution >= 4 is 5.78 Å². The van der Waals surface area contributed by atoms with E-state index >= 15 is 0 Å². The number of carbonyl (C=O) groups is 1. The zero-order valence-corrected chi connectivity index (χ0v) is 6.51. The summed E-state index contributed by atoms with van der Waals surface area (Å²) in [4.78, 5) is 10.8. The second kappa shape index (κ2) is 1.82. The molecule has 54 valence electrons. The number of hydrogen-bond donors (Lipinski definition) is 0. The van der Waals surface area contributed by atoms with Gasteiger partial charge < -0.3 is 0 Å². The maximum absolute atomic E-state index is 10.8. The highest BCUT2D eigenvalue weighted by atomic mass is 16.1. The molecule has 0 N–H and O–H groups in total. The highest BCUT2D eigenvalue weighted by Crippen LogP contribution is 2.57. The Bertz CT molecular complexity index is 212. The molecule has 0 amide bonds. The first-order valence-corrected chi connectivity index (χ1v) is 3.42. The molecule has 0 unspecified atom stereocenters. The smallest absolute Gasteiger partial charge is 0.134 e. The van der Waals surface area contributed by atoms with Crippen molar-refractivity contribution in [1.82, 2.24) is 0 Å². The zero-order valence-electron chi connectivity index (χ0n) is 6.51. The Kier molecular flexibility index (Phi) is 1.32. The lowest BCUT2D eigenvalue weighted by Crippen LogP contribution is -1.99. The summed E-state index contributed by atoms with van der Waals surface area (Å²) < 4.78 is 0. The molecule has 0 heterocycles. The van der Waals surface area contributed by atoms with E-state index < -0.39 is 0 Å². The van der Waals surface area contributed by atoms with Gasteiger partial charge in [-0.25, -0.2) is 0 Å². The van der Waals surface area contributed by atoms with Crippen molar-refractivity contribution < 1.29 is 4.79 Å². The minimum absolute atomic E-state index is 0.00231. The second-order valence-corrected chi connectivity index (χ2v) is 3.52. The van der Waals surface area contributed by atoms with Crippen LogP contribution in [0.5, 0.6) is 0 Å². The topological polar surface area (TPSA) is 40.9 Å². The Hall–Kier alpha value is -0.840. The minimum Gasteiger partial charge on any atom is -0.300 e. The van der Waals surface area contributed by atoms with Gasteiger partial charge in [0.05, 0.1) is 12.0 Å². The van der Waals surface area contributed by atoms with E-state index in [1.54, 1.807) is 6.92 Å². The molecular formula is C8H11NO. The fourth-order valence-corrected chi connectivity index (χ4v) is 1.64. The summed E-state index contributed by atoms with van der Waals surface area (Å²) in [5, 5.41) is 8.56. The Morgan fingerprint density at radius 2 is 2.10 bits per heavy atom. The van der Waals surface area contributed by atoms with Crippen molar-refractivity contribution in [2.75, 3.05) is 0 Å². The van der Waals surface area contributed by atoms with Gasteiger partial charge in [0.1, 0.15) is 5.78 Å². The summed E-state index contributed by atoms with van der Waals surface area (Å²) in [7, 11) is 0. The largest absolute Gasteiger partial charge is 0.300 e. The predicted octanol–water partition coefficient (Wildman–Crippen LogP) is 1.37. The number of Topliss-reactive ketones (excluding diaryl/α,β-unsaturated/α-hetero) is 1. The molecule has 1 rings (SSSR count). The van der Waals surface area contributed by atoms with Crippen LogP contribution in [-0.2, 0) is 4.79 Å². The minimum atomic E-state index is -0.0550. The van der Waals surface area contributed by atoms with E-state index in [0.717, 1.165) is 0 Å². The summed E-state index contributed by atoms with van der Waals surface area (Å²) in [6.45, 7) is 5.49. The van der Waals surface area contributed by atoms with Crippen molar-refractivity contribution in [3.8, 4) is 6.07 Å². The first kappa shape index (κ1) is 7.27. The molecule has 0 saturated heterocycles. The van der Waals surface area contributed by atoms with Crippen LogP contribution >= 0.6 is 0 Å². The average molecular weight is 137 g/mol. The number of carbonyl (C=O) groups excluding carboxylic acids is 1. The number of hydrogen-bond acceptors (Lipinski definition) is 2. The molecule has 0 radical (unpaired) electrons. The van der Waals surface area contributed by atoms with E-state index in [0.29, 0.717) is 0 Å². The Labute approximate surface area is 60.8 Å². The van der Waals surface area contributed by atoms with Crippen LogP contribution in [-0.4, -0.2) is 5.78 Å². The molecule has 0 aromatic carbocycles. The van der Waals surface area contributed by atoms with Gasteiger partial charge in [0.25, 0.3) is 0 Å². The van der Waals surface area contributed by atoms with Gasteiger partial charge in [-0.05, 0) is 12.3 Å². The van der Waals surface area contributed by atoms with Crippen molar-refractivity contribution in [3.63, 3.8) is 0 Å². The van der Waals surface area contributed by atoms with Crippen LogP contribution < -0.4 is 0 Å². The number of rotatable bonds is 1. The molecule has 1 aliphatic rings. The monoisotopic (exact) mass is 137 g/mol. The molecule has 1 aliphatic carbocycles. The van der Waals surface area contributed by atoms with Crippen LogP contribution in [0.25, 0.3) is 0 Å². The first-order chi connectivity index (χ1) is 4.51. The van der Waals surface area contributed by atoms with Gasteiger partial charge in [-0.1, -0.05) is 13.8 Å². The standard InChI is InChI=1S/C8H11NO/c1-5(10)7-6(4-9)8(7,2)3/h6-7H,1-3H3/t6-,7-/m0/s1. The normalized spacial score (nSPS) is 34.6. The van der Waals surface area contributed by atoms with Gasteiger partial charge in [-0.15, -0.1) is 0 Å². The quantitative estimate of drug-likeness (QED) is 0.547. The molecular weight excluding hydrogens is 126 g/mol. The molecule has 2 heteroatoms. The fourth-order valence-electron chi connectivity index (χ4n) is 1.64. The van der Waals surface area contributed by atoms with E-state index in [2.05, 4.69) is 6.07 Å². The number of nitrogens with zero attached hydrogens (tertiary/aromatic N) is 1. The van der Waals surface area contributed by atoms with E-state index in [4.69, 9.17) is 5.26 Å². The molecule has 1 saturated carbocycles. The molecule has 0 spiro atoms. The highest BCUT2D eigenvalue weighted by Gasteiger charge is 2.60. The van der Waals surface area contributed by atoms with Crippen LogP contribution in [0.3, 0.4) is 0 Å². The maximum Gasteiger partial charge on any atom is 0.134 e. The highest BCUT2D eigenvalue weighted by molar-refractivity contribution is 5.83. The predicted molar refractivity (Wildman–Crippen MR) is 37.1 cm³/mol. The Morgan fingerprint density at radius 3 is 2.20 bits per heavy atom. The summed E-state index contributed by atoms with van der Waals surface area (Å²) >= 11 is 0. The van der Waals surface area contributed by atoms with E-state index in [1.807, 2.05) is 13.8 Å². The van der Waals surface area contributed by atoms with Crippen LogP contribution in [0.1, 0.15) is 20.8 Å². The van der Waals surface area contributed by atoms with Gasteiger partial charge in [-0.3, -0.25) is 4.79 Å². The molecule has 2 nitrogen and oxygen atoms in total. The van der Waals surface area contributed by atoms with Crippen LogP contribution in [0.15, 0.2) is 0 Å². The second-order valence-electron chi connectivity index (χ2n) is 3.52. The fraction of sp³-hybridized carbons (Fsp3) is 0.750. The van der Waals surface area contributed by atoms with Crippen molar-refractivity contribution in [2.45, 2.75) is 20.8 Å². The van der Waals surface area contributed by atoms with E-state index in [9.17, 15) is 4.79 Å². The lowest BCUT2D eigenvalue weighted by molar-refractivity contribution is -0.118. The number of ketones is 1. The number of nitriles is 1. The summed E-state index contributed by atoms with van der Waals surface area (Å²) in [5.41, 5.74) is -0.0550. The molecule has 10 heavy (non-hydrogen) atoms. The van der Waals surface area contributed by atoms with Gasteiger partial charge in [-0.2, -0.15) is 5.26 Å². The van der Waals surface area contributed by atoms with E-state index in [-0.39, 0.29) is 23.0 Å².